The average Bonchev–Trinajstić information content (AvgIpc) is 2.94. The maximum Gasteiger partial charge on any atom is 0.273 e. The number of hydrogen-bond donors (Lipinski definition) is 0. The van der Waals surface area contributed by atoms with Crippen LogP contribution >= 0.6 is 11.3 Å². The van der Waals surface area contributed by atoms with Crippen molar-refractivity contribution in [3.8, 4) is 10.8 Å². The van der Waals surface area contributed by atoms with Crippen molar-refractivity contribution in [2.24, 2.45) is 5.92 Å². The number of thiazole rings is 1. The van der Waals surface area contributed by atoms with Gasteiger partial charge in [-0.3, -0.25) is 4.79 Å². The third-order valence-electron chi connectivity index (χ3n) is 3.69. The van der Waals surface area contributed by atoms with Crippen molar-refractivity contribution < 1.29 is 9.21 Å². The SMILES string of the molecule is C[C@@H](C1CC1)N(C)C(=O)c1csc(-c2ccco2)n1. The van der Waals surface area contributed by atoms with Gasteiger partial charge < -0.3 is 9.32 Å². The minimum Gasteiger partial charge on any atom is -0.462 e. The molecule has 1 atom stereocenters. The number of aromatic nitrogens is 1. The molecule has 19 heavy (non-hydrogen) atoms. The fourth-order valence-corrected chi connectivity index (χ4v) is 2.91. The van der Waals surface area contributed by atoms with Crippen molar-refractivity contribution in [2.75, 3.05) is 7.05 Å². The fraction of sp³-hybridized carbons (Fsp3) is 0.429. The predicted molar refractivity (Wildman–Crippen MR) is 74.1 cm³/mol. The lowest BCUT2D eigenvalue weighted by Gasteiger charge is -2.23. The van der Waals surface area contributed by atoms with E-state index in [-0.39, 0.29) is 5.91 Å². The molecule has 2 aromatic rings. The molecule has 0 spiro atoms. The molecule has 1 saturated carbocycles. The minimum absolute atomic E-state index is 0.00606. The predicted octanol–water partition coefficient (Wildman–Crippen LogP) is 3.27. The van der Waals surface area contributed by atoms with Crippen LogP contribution in [0.3, 0.4) is 0 Å². The van der Waals surface area contributed by atoms with Crippen LogP contribution in [0.25, 0.3) is 10.8 Å². The van der Waals surface area contributed by atoms with E-state index in [9.17, 15) is 4.79 Å². The highest BCUT2D eigenvalue weighted by molar-refractivity contribution is 7.13. The molecular formula is C14H16N2O2S. The second-order valence-electron chi connectivity index (χ2n) is 5.01. The number of nitrogens with zero attached hydrogens (tertiary/aromatic N) is 2. The normalized spacial score (nSPS) is 16.3. The molecule has 0 aromatic carbocycles. The molecule has 0 aliphatic heterocycles. The van der Waals surface area contributed by atoms with Gasteiger partial charge in [-0.05, 0) is 37.8 Å². The number of carbonyl (C=O) groups is 1. The molecule has 2 heterocycles. The molecule has 1 amide bonds. The first-order valence-corrected chi connectivity index (χ1v) is 7.31. The van der Waals surface area contributed by atoms with Gasteiger partial charge in [-0.2, -0.15) is 0 Å². The lowest BCUT2D eigenvalue weighted by atomic mass is 10.2. The molecule has 0 saturated heterocycles. The lowest BCUT2D eigenvalue weighted by Crippen LogP contribution is -2.36. The van der Waals surface area contributed by atoms with Crippen molar-refractivity contribution in [1.82, 2.24) is 9.88 Å². The quantitative estimate of drug-likeness (QED) is 0.861. The highest BCUT2D eigenvalue weighted by atomic mass is 32.1. The first-order valence-electron chi connectivity index (χ1n) is 6.43. The van der Waals surface area contributed by atoms with Crippen LogP contribution in [-0.4, -0.2) is 28.9 Å². The summed E-state index contributed by atoms with van der Waals surface area (Å²) in [6, 6.07) is 3.96. The Hall–Kier alpha value is -1.62. The number of rotatable bonds is 4. The van der Waals surface area contributed by atoms with Gasteiger partial charge in [0.05, 0.1) is 6.26 Å². The van der Waals surface area contributed by atoms with Gasteiger partial charge in [0, 0.05) is 18.5 Å². The monoisotopic (exact) mass is 276 g/mol. The van der Waals surface area contributed by atoms with E-state index in [4.69, 9.17) is 4.42 Å². The minimum atomic E-state index is -0.00606. The summed E-state index contributed by atoms with van der Waals surface area (Å²) in [6.45, 7) is 2.11. The van der Waals surface area contributed by atoms with Crippen molar-refractivity contribution in [3.63, 3.8) is 0 Å². The van der Waals surface area contributed by atoms with Gasteiger partial charge in [-0.15, -0.1) is 11.3 Å². The van der Waals surface area contributed by atoms with E-state index in [0.717, 1.165) is 5.01 Å². The molecule has 3 rings (SSSR count). The van der Waals surface area contributed by atoms with E-state index in [1.54, 1.807) is 16.5 Å². The van der Waals surface area contributed by atoms with Gasteiger partial charge in [-0.25, -0.2) is 4.98 Å². The Morgan fingerprint density at radius 1 is 1.58 bits per heavy atom. The Labute approximate surface area is 116 Å². The zero-order valence-corrected chi connectivity index (χ0v) is 11.8. The number of furan rings is 1. The van der Waals surface area contributed by atoms with Gasteiger partial charge in [0.15, 0.2) is 10.8 Å². The molecule has 2 aromatic heterocycles. The molecule has 0 N–H and O–H groups in total. The van der Waals surface area contributed by atoms with Gasteiger partial charge in [-0.1, -0.05) is 0 Å². The first-order chi connectivity index (χ1) is 9.16. The standard InChI is InChI=1S/C14H16N2O2S/c1-9(10-5-6-10)16(2)14(17)11-8-19-13(15-11)12-4-3-7-18-12/h3-4,7-10H,5-6H2,1-2H3/t9-/m0/s1. The summed E-state index contributed by atoms with van der Waals surface area (Å²) in [5.41, 5.74) is 0.506. The van der Waals surface area contributed by atoms with Crippen molar-refractivity contribution in [1.29, 1.82) is 0 Å². The van der Waals surface area contributed by atoms with E-state index in [0.29, 0.717) is 23.4 Å². The van der Waals surface area contributed by atoms with Gasteiger partial charge in [0.2, 0.25) is 0 Å². The zero-order chi connectivity index (χ0) is 13.4. The van der Waals surface area contributed by atoms with Crippen LogP contribution in [0.2, 0.25) is 0 Å². The Kier molecular flexibility index (Phi) is 3.14. The van der Waals surface area contributed by atoms with Gasteiger partial charge >= 0.3 is 0 Å². The first kappa shape index (κ1) is 12.4. The third-order valence-corrected chi connectivity index (χ3v) is 4.55. The highest BCUT2D eigenvalue weighted by Crippen LogP contribution is 2.35. The molecule has 1 aliphatic rings. The van der Waals surface area contributed by atoms with Crippen LogP contribution in [0.15, 0.2) is 28.2 Å². The second kappa shape index (κ2) is 4.81. The van der Waals surface area contributed by atoms with Crippen LogP contribution in [0, 0.1) is 5.92 Å². The maximum atomic E-state index is 12.3. The molecular weight excluding hydrogens is 260 g/mol. The molecule has 0 radical (unpaired) electrons. The van der Waals surface area contributed by atoms with E-state index in [2.05, 4.69) is 11.9 Å². The third kappa shape index (κ3) is 2.42. The molecule has 4 nitrogen and oxygen atoms in total. The maximum absolute atomic E-state index is 12.3. The van der Waals surface area contributed by atoms with E-state index in [1.807, 2.05) is 19.2 Å². The Bertz CT molecular complexity index is 572. The topological polar surface area (TPSA) is 46.3 Å². The molecule has 100 valence electrons. The Balaban J connectivity index is 1.76. The van der Waals surface area contributed by atoms with Crippen molar-refractivity contribution >= 4 is 17.2 Å². The Morgan fingerprint density at radius 2 is 2.37 bits per heavy atom. The summed E-state index contributed by atoms with van der Waals surface area (Å²) in [7, 11) is 1.86. The van der Waals surface area contributed by atoms with Crippen molar-refractivity contribution in [3.05, 3.63) is 29.5 Å². The zero-order valence-electron chi connectivity index (χ0n) is 11.0. The molecule has 1 fully saturated rings. The summed E-state index contributed by atoms with van der Waals surface area (Å²) in [5, 5.41) is 2.55. The largest absolute Gasteiger partial charge is 0.462 e. The van der Waals surface area contributed by atoms with Crippen LogP contribution < -0.4 is 0 Å². The fourth-order valence-electron chi connectivity index (χ4n) is 2.15. The summed E-state index contributed by atoms with van der Waals surface area (Å²) in [6.07, 6.45) is 4.07. The second-order valence-corrected chi connectivity index (χ2v) is 5.87. The van der Waals surface area contributed by atoms with Crippen LogP contribution in [-0.2, 0) is 0 Å². The smallest absolute Gasteiger partial charge is 0.273 e. The van der Waals surface area contributed by atoms with Crippen LogP contribution in [0.1, 0.15) is 30.3 Å². The van der Waals surface area contributed by atoms with Gasteiger partial charge in [0.25, 0.3) is 5.91 Å². The summed E-state index contributed by atoms with van der Waals surface area (Å²) < 4.78 is 5.29. The number of hydrogen-bond acceptors (Lipinski definition) is 4. The summed E-state index contributed by atoms with van der Waals surface area (Å²) >= 11 is 1.44. The van der Waals surface area contributed by atoms with E-state index in [1.165, 1.54) is 24.2 Å². The van der Waals surface area contributed by atoms with Crippen LogP contribution in [0.4, 0.5) is 0 Å². The average molecular weight is 276 g/mol. The van der Waals surface area contributed by atoms with Gasteiger partial charge in [0.1, 0.15) is 5.69 Å². The summed E-state index contributed by atoms with van der Waals surface area (Å²) in [4.78, 5) is 18.5. The summed E-state index contributed by atoms with van der Waals surface area (Å²) in [5.74, 6) is 1.37. The van der Waals surface area contributed by atoms with Crippen molar-refractivity contribution in [2.45, 2.75) is 25.8 Å². The molecule has 0 unspecified atom stereocenters. The highest BCUT2D eigenvalue weighted by Gasteiger charge is 2.33. The molecule has 0 bridgehead atoms. The number of amides is 1. The van der Waals surface area contributed by atoms with Crippen LogP contribution in [0.5, 0.6) is 0 Å². The molecule has 1 aliphatic carbocycles. The molecule has 5 heteroatoms. The number of carbonyl (C=O) groups excluding carboxylic acids is 1. The van der Waals surface area contributed by atoms with E-state index >= 15 is 0 Å². The lowest BCUT2D eigenvalue weighted by molar-refractivity contribution is 0.0722. The Morgan fingerprint density at radius 3 is 3.00 bits per heavy atom. The van der Waals surface area contributed by atoms with E-state index < -0.39 is 0 Å².